The topological polar surface area (TPSA) is 68.7 Å². The van der Waals surface area contributed by atoms with Gasteiger partial charge < -0.3 is 14.4 Å². The first-order chi connectivity index (χ1) is 13.4. The van der Waals surface area contributed by atoms with Crippen LogP contribution in [0.2, 0.25) is 0 Å². The van der Waals surface area contributed by atoms with Crippen LogP contribution in [0.25, 0.3) is 10.2 Å². The highest BCUT2D eigenvalue weighted by atomic mass is 32.1. The van der Waals surface area contributed by atoms with Gasteiger partial charge in [-0.3, -0.25) is 4.79 Å². The zero-order valence-electron chi connectivity index (χ0n) is 15.4. The zero-order valence-corrected chi connectivity index (χ0v) is 16.2. The fourth-order valence-electron chi connectivity index (χ4n) is 2.41. The molecule has 8 heteroatoms. The standard InChI is InChI=1S/C20H19FN2O4S/c1-13(20-22-16-5-3-4-6-17(16)28-20)23(2)18(24)11-27-19(25)12-26-15-9-7-14(21)8-10-15/h3-10,13H,11-12H2,1-2H3/t13-/m1/s1. The van der Waals surface area contributed by atoms with Gasteiger partial charge in [-0.05, 0) is 43.3 Å². The molecule has 0 fully saturated rings. The molecule has 0 saturated carbocycles. The average Bonchev–Trinajstić information content (AvgIpc) is 3.14. The average molecular weight is 402 g/mol. The Morgan fingerprint density at radius 1 is 1.14 bits per heavy atom. The minimum Gasteiger partial charge on any atom is -0.482 e. The van der Waals surface area contributed by atoms with Gasteiger partial charge in [0.1, 0.15) is 16.6 Å². The number of para-hydroxylation sites is 1. The van der Waals surface area contributed by atoms with E-state index in [1.807, 2.05) is 31.2 Å². The van der Waals surface area contributed by atoms with E-state index in [1.54, 1.807) is 7.05 Å². The SMILES string of the molecule is C[C@H](c1nc2ccccc2s1)N(C)C(=O)COC(=O)COc1ccc(F)cc1. The molecule has 0 aliphatic carbocycles. The van der Waals surface area contributed by atoms with Crippen LogP contribution in [-0.4, -0.2) is 42.0 Å². The fraction of sp³-hybridized carbons (Fsp3) is 0.250. The van der Waals surface area contributed by atoms with E-state index in [0.717, 1.165) is 15.2 Å². The third-order valence-electron chi connectivity index (χ3n) is 4.17. The molecule has 1 aromatic heterocycles. The summed E-state index contributed by atoms with van der Waals surface area (Å²) >= 11 is 1.52. The molecule has 1 amide bonds. The third kappa shape index (κ3) is 4.83. The lowest BCUT2D eigenvalue weighted by Gasteiger charge is -2.23. The molecule has 28 heavy (non-hydrogen) atoms. The highest BCUT2D eigenvalue weighted by Gasteiger charge is 2.21. The summed E-state index contributed by atoms with van der Waals surface area (Å²) in [4.78, 5) is 30.1. The first-order valence-electron chi connectivity index (χ1n) is 8.59. The Morgan fingerprint density at radius 3 is 2.57 bits per heavy atom. The summed E-state index contributed by atoms with van der Waals surface area (Å²) < 4.78 is 24.0. The van der Waals surface area contributed by atoms with E-state index in [0.29, 0.717) is 5.75 Å². The second-order valence-electron chi connectivity index (χ2n) is 6.10. The molecule has 1 atom stereocenters. The van der Waals surface area contributed by atoms with Crippen LogP contribution in [0, 0.1) is 5.82 Å². The molecule has 146 valence electrons. The Bertz CT molecular complexity index is 941. The monoisotopic (exact) mass is 402 g/mol. The Kier molecular flexibility index (Phi) is 6.20. The van der Waals surface area contributed by atoms with E-state index in [4.69, 9.17) is 9.47 Å². The Labute approximate surface area is 165 Å². The van der Waals surface area contributed by atoms with Gasteiger partial charge in [0.15, 0.2) is 13.2 Å². The lowest BCUT2D eigenvalue weighted by atomic mass is 10.3. The molecular formula is C20H19FN2O4S. The van der Waals surface area contributed by atoms with Crippen LogP contribution >= 0.6 is 11.3 Å². The van der Waals surface area contributed by atoms with Crippen molar-refractivity contribution >= 4 is 33.4 Å². The smallest absolute Gasteiger partial charge is 0.344 e. The molecule has 0 aliphatic heterocycles. The maximum atomic E-state index is 12.8. The van der Waals surface area contributed by atoms with Gasteiger partial charge in [0.2, 0.25) is 0 Å². The lowest BCUT2D eigenvalue weighted by molar-refractivity contribution is -0.153. The molecule has 3 aromatic rings. The number of hydrogen-bond acceptors (Lipinski definition) is 6. The highest BCUT2D eigenvalue weighted by Crippen LogP contribution is 2.28. The van der Waals surface area contributed by atoms with Crippen LogP contribution in [0.3, 0.4) is 0 Å². The van der Waals surface area contributed by atoms with Gasteiger partial charge in [-0.15, -0.1) is 11.3 Å². The summed E-state index contributed by atoms with van der Waals surface area (Å²) in [6.45, 7) is 1.11. The van der Waals surface area contributed by atoms with E-state index in [9.17, 15) is 14.0 Å². The van der Waals surface area contributed by atoms with Crippen LogP contribution in [0.15, 0.2) is 48.5 Å². The second-order valence-corrected chi connectivity index (χ2v) is 7.17. The van der Waals surface area contributed by atoms with E-state index < -0.39 is 18.4 Å². The summed E-state index contributed by atoms with van der Waals surface area (Å²) in [6, 6.07) is 12.8. The minimum atomic E-state index is -0.682. The lowest BCUT2D eigenvalue weighted by Crippen LogP contribution is -2.34. The predicted octanol–water partition coefficient (Wildman–Crippen LogP) is 3.58. The molecule has 0 bridgehead atoms. The van der Waals surface area contributed by atoms with Gasteiger partial charge in [0.05, 0.1) is 16.3 Å². The number of likely N-dealkylation sites (N-methyl/N-ethyl adjacent to an activating group) is 1. The van der Waals surface area contributed by atoms with Crippen molar-refractivity contribution in [3.05, 3.63) is 59.4 Å². The summed E-state index contributed by atoms with van der Waals surface area (Å²) in [7, 11) is 1.64. The molecule has 0 aliphatic rings. The number of benzene rings is 2. The van der Waals surface area contributed by atoms with Crippen molar-refractivity contribution in [1.82, 2.24) is 9.88 Å². The first-order valence-corrected chi connectivity index (χ1v) is 9.41. The van der Waals surface area contributed by atoms with Gasteiger partial charge in [-0.1, -0.05) is 12.1 Å². The van der Waals surface area contributed by atoms with Crippen LogP contribution in [0.4, 0.5) is 4.39 Å². The largest absolute Gasteiger partial charge is 0.482 e. The summed E-state index contributed by atoms with van der Waals surface area (Å²) in [5.74, 6) is -1.09. The third-order valence-corrected chi connectivity index (χ3v) is 5.38. The van der Waals surface area contributed by atoms with Gasteiger partial charge in [-0.25, -0.2) is 14.2 Å². The van der Waals surface area contributed by atoms with E-state index >= 15 is 0 Å². The summed E-state index contributed by atoms with van der Waals surface area (Å²) in [5, 5.41) is 0.808. The molecule has 1 heterocycles. The highest BCUT2D eigenvalue weighted by molar-refractivity contribution is 7.18. The molecule has 2 aromatic carbocycles. The van der Waals surface area contributed by atoms with Crippen LogP contribution < -0.4 is 4.74 Å². The Morgan fingerprint density at radius 2 is 1.86 bits per heavy atom. The van der Waals surface area contributed by atoms with Crippen molar-refractivity contribution in [2.45, 2.75) is 13.0 Å². The van der Waals surface area contributed by atoms with E-state index in [-0.39, 0.29) is 18.6 Å². The Hall–Kier alpha value is -3.00. The number of ether oxygens (including phenoxy) is 2. The van der Waals surface area contributed by atoms with E-state index in [1.165, 1.54) is 40.5 Å². The van der Waals surface area contributed by atoms with Crippen molar-refractivity contribution in [2.24, 2.45) is 0 Å². The van der Waals surface area contributed by atoms with Crippen molar-refractivity contribution in [2.75, 3.05) is 20.3 Å². The number of nitrogens with zero attached hydrogens (tertiary/aromatic N) is 2. The molecule has 0 N–H and O–H groups in total. The van der Waals surface area contributed by atoms with E-state index in [2.05, 4.69) is 4.98 Å². The fourth-order valence-corrected chi connectivity index (χ4v) is 3.47. The normalized spacial score (nSPS) is 11.8. The maximum absolute atomic E-state index is 12.8. The molecule has 0 radical (unpaired) electrons. The molecule has 0 spiro atoms. The molecule has 0 unspecified atom stereocenters. The van der Waals surface area contributed by atoms with Crippen LogP contribution in [-0.2, 0) is 14.3 Å². The molecule has 3 rings (SSSR count). The van der Waals surface area contributed by atoms with Gasteiger partial charge in [-0.2, -0.15) is 0 Å². The number of rotatable bonds is 7. The summed E-state index contributed by atoms with van der Waals surface area (Å²) in [6.07, 6.45) is 0. The van der Waals surface area contributed by atoms with Gasteiger partial charge >= 0.3 is 5.97 Å². The predicted molar refractivity (Wildman–Crippen MR) is 104 cm³/mol. The number of esters is 1. The van der Waals surface area contributed by atoms with Crippen molar-refractivity contribution in [1.29, 1.82) is 0 Å². The maximum Gasteiger partial charge on any atom is 0.344 e. The zero-order chi connectivity index (χ0) is 20.1. The summed E-state index contributed by atoms with van der Waals surface area (Å²) in [5.41, 5.74) is 0.888. The number of fused-ring (bicyclic) bond motifs is 1. The van der Waals surface area contributed by atoms with Gasteiger partial charge in [0.25, 0.3) is 5.91 Å². The van der Waals surface area contributed by atoms with Crippen molar-refractivity contribution in [3.63, 3.8) is 0 Å². The molecule has 0 saturated heterocycles. The molecule has 6 nitrogen and oxygen atoms in total. The number of carbonyl (C=O) groups excluding carboxylic acids is 2. The van der Waals surface area contributed by atoms with Crippen molar-refractivity contribution in [3.8, 4) is 5.75 Å². The number of hydrogen-bond donors (Lipinski definition) is 0. The number of halogens is 1. The number of aromatic nitrogens is 1. The van der Waals surface area contributed by atoms with Crippen LogP contribution in [0.1, 0.15) is 18.0 Å². The molecular weight excluding hydrogens is 383 g/mol. The number of amides is 1. The minimum absolute atomic E-state index is 0.251. The van der Waals surface area contributed by atoms with Crippen LogP contribution in [0.5, 0.6) is 5.75 Å². The quantitative estimate of drug-likeness (QED) is 0.565. The first kappa shape index (κ1) is 19.8. The Balaban J connectivity index is 1.49. The number of thiazole rings is 1. The second kappa shape index (κ2) is 8.79. The van der Waals surface area contributed by atoms with Crippen molar-refractivity contribution < 1.29 is 23.5 Å². The van der Waals surface area contributed by atoms with Gasteiger partial charge in [0, 0.05) is 7.05 Å². The number of carbonyl (C=O) groups is 2.